The smallest absolute Gasteiger partial charge is 0.114 e. The van der Waals surface area contributed by atoms with Gasteiger partial charge in [0.2, 0.25) is 0 Å². The Balaban J connectivity index is 2.52. The summed E-state index contributed by atoms with van der Waals surface area (Å²) in [6.45, 7) is 8.26. The van der Waals surface area contributed by atoms with Crippen LogP contribution < -0.4 is 0 Å². The first-order valence-corrected chi connectivity index (χ1v) is 2.80. The molecular weight excluding hydrogens is 100 g/mol. The van der Waals surface area contributed by atoms with E-state index in [4.69, 9.17) is 4.74 Å². The molecule has 1 saturated heterocycles. The van der Waals surface area contributed by atoms with E-state index in [1.165, 1.54) is 0 Å². The first-order valence-electron chi connectivity index (χ1n) is 2.80. The lowest BCUT2D eigenvalue weighted by atomic mass is 10.1. The van der Waals surface area contributed by atoms with Gasteiger partial charge in [-0.15, -0.1) is 0 Å². The zero-order chi connectivity index (χ0) is 5.98. The summed E-state index contributed by atoms with van der Waals surface area (Å²) in [5.74, 6) is 0.774. The van der Waals surface area contributed by atoms with Gasteiger partial charge in [0.1, 0.15) is 5.76 Å². The predicted octanol–water partition coefficient (Wildman–Crippen LogP) is 1.87. The minimum Gasteiger partial charge on any atom is -0.494 e. The largest absolute Gasteiger partial charge is 0.494 e. The topological polar surface area (TPSA) is 9.23 Å². The first-order chi connectivity index (χ1) is 3.80. The zero-order valence-electron chi connectivity index (χ0n) is 4.94. The number of rotatable bonds is 0. The third-order valence-electron chi connectivity index (χ3n) is 1.29. The van der Waals surface area contributed by atoms with Gasteiger partial charge < -0.3 is 4.74 Å². The molecule has 0 aromatic heterocycles. The standard InChI is InChI=1S/C7H10O/c1-6-4-3-5-8-7(6)2/h1-5H2. The van der Waals surface area contributed by atoms with Crippen LogP contribution in [0.1, 0.15) is 12.8 Å². The highest BCUT2D eigenvalue weighted by Crippen LogP contribution is 2.18. The molecule has 1 aliphatic heterocycles. The van der Waals surface area contributed by atoms with Crippen molar-refractivity contribution >= 4 is 0 Å². The Labute approximate surface area is 49.7 Å². The molecule has 0 N–H and O–H groups in total. The van der Waals surface area contributed by atoms with Crippen LogP contribution in [0.2, 0.25) is 0 Å². The van der Waals surface area contributed by atoms with Crippen LogP contribution in [0.5, 0.6) is 0 Å². The fraction of sp³-hybridized carbons (Fsp3) is 0.429. The zero-order valence-corrected chi connectivity index (χ0v) is 4.94. The summed E-state index contributed by atoms with van der Waals surface area (Å²) in [5, 5.41) is 0. The van der Waals surface area contributed by atoms with Crippen LogP contribution in [0, 0.1) is 0 Å². The van der Waals surface area contributed by atoms with Crippen LogP contribution in [-0.2, 0) is 4.74 Å². The van der Waals surface area contributed by atoms with Gasteiger partial charge in [-0.2, -0.15) is 0 Å². The molecule has 0 aromatic carbocycles. The second kappa shape index (κ2) is 2.03. The summed E-state index contributed by atoms with van der Waals surface area (Å²) in [6.07, 6.45) is 2.15. The number of hydrogen-bond donors (Lipinski definition) is 0. The number of hydrogen-bond acceptors (Lipinski definition) is 1. The maximum Gasteiger partial charge on any atom is 0.114 e. The Morgan fingerprint density at radius 1 is 1.38 bits per heavy atom. The van der Waals surface area contributed by atoms with Crippen molar-refractivity contribution in [2.24, 2.45) is 0 Å². The average Bonchev–Trinajstić information content (AvgIpc) is 1.77. The summed E-state index contributed by atoms with van der Waals surface area (Å²) >= 11 is 0. The van der Waals surface area contributed by atoms with Crippen molar-refractivity contribution in [1.29, 1.82) is 0 Å². The third kappa shape index (κ3) is 0.915. The Bertz CT molecular complexity index is 108. The van der Waals surface area contributed by atoms with Crippen molar-refractivity contribution in [3.05, 3.63) is 24.5 Å². The molecule has 0 spiro atoms. The Kier molecular flexibility index (Phi) is 1.38. The van der Waals surface area contributed by atoms with Crippen LogP contribution >= 0.6 is 0 Å². The molecule has 1 rings (SSSR count). The molecule has 1 fully saturated rings. The van der Waals surface area contributed by atoms with Gasteiger partial charge >= 0.3 is 0 Å². The fourth-order valence-electron chi connectivity index (χ4n) is 0.722. The second-order valence-corrected chi connectivity index (χ2v) is 1.98. The van der Waals surface area contributed by atoms with Crippen LogP contribution in [0.15, 0.2) is 24.5 Å². The Hall–Kier alpha value is -0.720. The van der Waals surface area contributed by atoms with Crippen LogP contribution in [0.25, 0.3) is 0 Å². The van der Waals surface area contributed by atoms with E-state index in [1.54, 1.807) is 0 Å². The van der Waals surface area contributed by atoms with Crippen molar-refractivity contribution in [3.63, 3.8) is 0 Å². The van der Waals surface area contributed by atoms with E-state index in [0.717, 1.165) is 30.8 Å². The second-order valence-electron chi connectivity index (χ2n) is 1.98. The van der Waals surface area contributed by atoms with Gasteiger partial charge in [-0.05, 0) is 18.4 Å². The van der Waals surface area contributed by atoms with Gasteiger partial charge in [-0.3, -0.25) is 0 Å². The lowest BCUT2D eigenvalue weighted by molar-refractivity contribution is 0.196. The molecular formula is C7H10O. The normalized spacial score (nSPS) is 20.5. The van der Waals surface area contributed by atoms with Crippen molar-refractivity contribution in [3.8, 4) is 0 Å². The summed E-state index contributed by atoms with van der Waals surface area (Å²) in [4.78, 5) is 0. The predicted molar refractivity (Wildman–Crippen MR) is 33.5 cm³/mol. The highest BCUT2D eigenvalue weighted by Gasteiger charge is 2.06. The van der Waals surface area contributed by atoms with Gasteiger partial charge in [0.25, 0.3) is 0 Å². The molecule has 0 saturated carbocycles. The maximum atomic E-state index is 5.10. The molecule has 1 nitrogen and oxygen atoms in total. The molecule has 0 amide bonds. The minimum atomic E-state index is 0.774. The van der Waals surface area contributed by atoms with E-state index in [0.29, 0.717) is 0 Å². The van der Waals surface area contributed by atoms with Crippen LogP contribution in [0.3, 0.4) is 0 Å². The quantitative estimate of drug-likeness (QED) is 0.462. The van der Waals surface area contributed by atoms with Crippen molar-refractivity contribution in [2.45, 2.75) is 12.8 Å². The van der Waals surface area contributed by atoms with Gasteiger partial charge in [0.15, 0.2) is 0 Å². The molecule has 0 bridgehead atoms. The van der Waals surface area contributed by atoms with Crippen molar-refractivity contribution < 1.29 is 4.74 Å². The maximum absolute atomic E-state index is 5.10. The Morgan fingerprint density at radius 3 is 2.50 bits per heavy atom. The first kappa shape index (κ1) is 5.42. The van der Waals surface area contributed by atoms with Crippen molar-refractivity contribution in [1.82, 2.24) is 0 Å². The molecule has 0 aromatic rings. The summed E-state index contributed by atoms with van der Waals surface area (Å²) in [6, 6.07) is 0. The van der Waals surface area contributed by atoms with Crippen LogP contribution in [-0.4, -0.2) is 6.61 Å². The van der Waals surface area contributed by atoms with Gasteiger partial charge in [-0.25, -0.2) is 0 Å². The lowest BCUT2D eigenvalue weighted by Gasteiger charge is -2.16. The molecule has 44 valence electrons. The third-order valence-corrected chi connectivity index (χ3v) is 1.29. The lowest BCUT2D eigenvalue weighted by Crippen LogP contribution is -2.03. The number of ether oxygens (including phenoxy) is 1. The molecule has 1 aliphatic rings. The van der Waals surface area contributed by atoms with E-state index in [2.05, 4.69) is 13.2 Å². The molecule has 0 atom stereocenters. The molecule has 8 heavy (non-hydrogen) atoms. The molecule has 0 aliphatic carbocycles. The summed E-state index contributed by atoms with van der Waals surface area (Å²) in [5.41, 5.74) is 1.05. The Morgan fingerprint density at radius 2 is 2.12 bits per heavy atom. The summed E-state index contributed by atoms with van der Waals surface area (Å²) < 4.78 is 5.10. The minimum absolute atomic E-state index is 0.774. The fourth-order valence-corrected chi connectivity index (χ4v) is 0.722. The van der Waals surface area contributed by atoms with Crippen molar-refractivity contribution in [2.75, 3.05) is 6.61 Å². The highest BCUT2D eigenvalue weighted by molar-refractivity contribution is 5.20. The molecule has 0 radical (unpaired) electrons. The molecule has 0 unspecified atom stereocenters. The average molecular weight is 110 g/mol. The van der Waals surface area contributed by atoms with Crippen LogP contribution in [0.4, 0.5) is 0 Å². The monoisotopic (exact) mass is 110 g/mol. The van der Waals surface area contributed by atoms with Gasteiger partial charge in [0, 0.05) is 0 Å². The van der Waals surface area contributed by atoms with E-state index >= 15 is 0 Å². The SMILES string of the molecule is C=C1CCCOC1=C. The van der Waals surface area contributed by atoms with Gasteiger partial charge in [0.05, 0.1) is 6.61 Å². The summed E-state index contributed by atoms with van der Waals surface area (Å²) in [7, 11) is 0. The van der Waals surface area contributed by atoms with E-state index < -0.39 is 0 Å². The van der Waals surface area contributed by atoms with E-state index in [-0.39, 0.29) is 0 Å². The van der Waals surface area contributed by atoms with E-state index in [9.17, 15) is 0 Å². The highest BCUT2D eigenvalue weighted by atomic mass is 16.5. The van der Waals surface area contributed by atoms with E-state index in [1.807, 2.05) is 0 Å². The number of allylic oxidation sites excluding steroid dienone is 1. The van der Waals surface area contributed by atoms with Gasteiger partial charge in [-0.1, -0.05) is 13.2 Å². The molecule has 1 heterocycles. The molecule has 1 heteroatoms.